The van der Waals surface area contributed by atoms with E-state index in [1.807, 2.05) is 50.2 Å². The van der Waals surface area contributed by atoms with E-state index in [4.69, 9.17) is 16.6 Å². The fraction of sp³-hybridized carbons (Fsp3) is 0.200. The molecule has 0 aliphatic heterocycles. The monoisotopic (exact) mass is 498 g/mol. The number of nitrogens with zero attached hydrogens (tertiary/aromatic N) is 2. The summed E-state index contributed by atoms with van der Waals surface area (Å²) in [5, 5.41) is 1.02. The SMILES string of the molecule is Cc1cc(C)c2sc(N(Cc3ccccc3)C(=O)CCS(=O)(=O)c3ccc(Cl)cc3)nc2c1. The van der Waals surface area contributed by atoms with Crippen LogP contribution in [0.25, 0.3) is 10.2 Å². The summed E-state index contributed by atoms with van der Waals surface area (Å²) < 4.78 is 26.5. The second kappa shape index (κ2) is 9.63. The lowest BCUT2D eigenvalue weighted by Crippen LogP contribution is -2.31. The number of carbonyl (C=O) groups is 1. The van der Waals surface area contributed by atoms with E-state index in [1.54, 1.807) is 4.90 Å². The average molecular weight is 499 g/mol. The van der Waals surface area contributed by atoms with Gasteiger partial charge in [-0.25, -0.2) is 13.4 Å². The molecule has 1 aromatic heterocycles. The highest BCUT2D eigenvalue weighted by Gasteiger charge is 2.24. The number of fused-ring (bicyclic) bond motifs is 1. The van der Waals surface area contributed by atoms with Crippen molar-refractivity contribution in [2.45, 2.75) is 31.7 Å². The van der Waals surface area contributed by atoms with Gasteiger partial charge in [0.2, 0.25) is 5.91 Å². The van der Waals surface area contributed by atoms with E-state index in [1.165, 1.54) is 35.6 Å². The number of benzene rings is 3. The molecule has 8 heteroatoms. The lowest BCUT2D eigenvalue weighted by molar-refractivity contribution is -0.118. The van der Waals surface area contributed by atoms with Crippen LogP contribution in [-0.2, 0) is 21.2 Å². The van der Waals surface area contributed by atoms with Crippen molar-refractivity contribution in [2.24, 2.45) is 0 Å². The number of amides is 1. The number of carbonyl (C=O) groups excluding carboxylic acids is 1. The summed E-state index contributed by atoms with van der Waals surface area (Å²) in [4.78, 5) is 19.8. The second-order valence-corrected chi connectivity index (χ2v) is 11.4. The van der Waals surface area contributed by atoms with Crippen LogP contribution in [0.2, 0.25) is 5.02 Å². The molecule has 0 radical (unpaired) electrons. The zero-order valence-electron chi connectivity index (χ0n) is 18.3. The Balaban J connectivity index is 1.62. The summed E-state index contributed by atoms with van der Waals surface area (Å²) in [6.45, 7) is 4.36. The van der Waals surface area contributed by atoms with E-state index in [9.17, 15) is 13.2 Å². The van der Waals surface area contributed by atoms with Crippen molar-refractivity contribution in [2.75, 3.05) is 10.7 Å². The Kier molecular flexibility index (Phi) is 6.83. The molecule has 33 heavy (non-hydrogen) atoms. The predicted molar refractivity (Wildman–Crippen MR) is 135 cm³/mol. The summed E-state index contributed by atoms with van der Waals surface area (Å²) in [7, 11) is -3.62. The summed E-state index contributed by atoms with van der Waals surface area (Å²) in [6.07, 6.45) is -0.147. The summed E-state index contributed by atoms with van der Waals surface area (Å²) in [6, 6.07) is 19.7. The second-order valence-electron chi connectivity index (χ2n) is 7.91. The van der Waals surface area contributed by atoms with Crippen molar-refractivity contribution in [3.63, 3.8) is 0 Å². The lowest BCUT2D eigenvalue weighted by atomic mass is 10.1. The Bertz CT molecular complexity index is 1400. The third-order valence-corrected chi connectivity index (χ3v) is 8.50. The number of halogens is 1. The van der Waals surface area contributed by atoms with E-state index < -0.39 is 9.84 Å². The first-order chi connectivity index (χ1) is 15.7. The van der Waals surface area contributed by atoms with Crippen molar-refractivity contribution >= 4 is 54.0 Å². The van der Waals surface area contributed by atoms with Gasteiger partial charge < -0.3 is 0 Å². The molecule has 0 atom stereocenters. The Morgan fingerprint density at radius 1 is 1.03 bits per heavy atom. The van der Waals surface area contributed by atoms with Crippen molar-refractivity contribution in [1.82, 2.24) is 4.98 Å². The molecule has 3 aromatic carbocycles. The quantitative estimate of drug-likeness (QED) is 0.315. The maximum absolute atomic E-state index is 13.3. The van der Waals surface area contributed by atoms with Crippen molar-refractivity contribution in [1.29, 1.82) is 0 Å². The van der Waals surface area contributed by atoms with Crippen LogP contribution in [0.15, 0.2) is 71.6 Å². The van der Waals surface area contributed by atoms with Gasteiger partial charge in [-0.2, -0.15) is 0 Å². The first-order valence-electron chi connectivity index (χ1n) is 10.4. The van der Waals surface area contributed by atoms with Crippen molar-refractivity contribution in [3.05, 3.63) is 88.4 Å². The van der Waals surface area contributed by atoms with Gasteiger partial charge in [0.25, 0.3) is 0 Å². The maximum atomic E-state index is 13.3. The summed E-state index contributed by atoms with van der Waals surface area (Å²) >= 11 is 7.32. The van der Waals surface area contributed by atoms with E-state index in [0.717, 1.165) is 26.9 Å². The van der Waals surface area contributed by atoms with E-state index in [2.05, 4.69) is 6.07 Å². The minimum absolute atomic E-state index is 0.147. The Morgan fingerprint density at radius 3 is 2.42 bits per heavy atom. The molecule has 5 nitrogen and oxygen atoms in total. The van der Waals surface area contributed by atoms with Crippen LogP contribution in [0.4, 0.5) is 5.13 Å². The number of anilines is 1. The molecular formula is C25H23ClN2O3S2. The van der Waals surface area contributed by atoms with Crippen LogP contribution in [0.3, 0.4) is 0 Å². The van der Waals surface area contributed by atoms with Crippen LogP contribution in [0.1, 0.15) is 23.1 Å². The molecule has 0 bridgehead atoms. The highest BCUT2D eigenvalue weighted by Crippen LogP contribution is 2.33. The van der Waals surface area contributed by atoms with Crippen LogP contribution >= 0.6 is 22.9 Å². The zero-order valence-corrected chi connectivity index (χ0v) is 20.7. The van der Waals surface area contributed by atoms with Crippen LogP contribution in [0, 0.1) is 13.8 Å². The molecule has 4 aromatic rings. The maximum Gasteiger partial charge on any atom is 0.230 e. The van der Waals surface area contributed by atoms with E-state index in [0.29, 0.717) is 16.7 Å². The van der Waals surface area contributed by atoms with Gasteiger partial charge in [-0.15, -0.1) is 0 Å². The third-order valence-electron chi connectivity index (χ3n) is 5.28. The van der Waals surface area contributed by atoms with Gasteiger partial charge >= 0.3 is 0 Å². The molecule has 0 aliphatic rings. The van der Waals surface area contributed by atoms with Gasteiger partial charge in [0.1, 0.15) is 0 Å². The topological polar surface area (TPSA) is 67.3 Å². The molecule has 170 valence electrons. The van der Waals surface area contributed by atoms with Gasteiger partial charge in [0, 0.05) is 11.4 Å². The Labute approximate surface area is 202 Å². The van der Waals surface area contributed by atoms with Crippen LogP contribution in [-0.4, -0.2) is 25.1 Å². The zero-order chi connectivity index (χ0) is 23.6. The minimum atomic E-state index is -3.62. The Morgan fingerprint density at radius 2 is 1.73 bits per heavy atom. The molecule has 0 N–H and O–H groups in total. The van der Waals surface area contributed by atoms with Gasteiger partial charge in [-0.3, -0.25) is 9.69 Å². The fourth-order valence-electron chi connectivity index (χ4n) is 3.63. The molecular weight excluding hydrogens is 476 g/mol. The standard InChI is InChI=1S/C25H23ClN2O3S2/c1-17-14-18(2)24-22(15-17)27-25(32-24)28(16-19-6-4-3-5-7-19)23(29)12-13-33(30,31)21-10-8-20(26)9-11-21/h3-11,14-15H,12-13,16H2,1-2H3. The van der Waals surface area contributed by atoms with Crippen LogP contribution < -0.4 is 4.90 Å². The molecule has 0 spiro atoms. The first-order valence-corrected chi connectivity index (χ1v) is 13.3. The lowest BCUT2D eigenvalue weighted by Gasteiger charge is -2.20. The Hall–Kier alpha value is -2.74. The van der Waals surface area contributed by atoms with Crippen molar-refractivity contribution in [3.8, 4) is 0 Å². The average Bonchev–Trinajstić information content (AvgIpc) is 3.21. The number of rotatable bonds is 7. The normalized spacial score (nSPS) is 11.6. The van der Waals surface area contributed by atoms with Gasteiger partial charge in [0.15, 0.2) is 15.0 Å². The van der Waals surface area contributed by atoms with Gasteiger partial charge in [-0.05, 0) is 60.9 Å². The summed E-state index contributed by atoms with van der Waals surface area (Å²) in [5.41, 5.74) is 3.99. The molecule has 0 fully saturated rings. The highest BCUT2D eigenvalue weighted by atomic mass is 35.5. The molecule has 0 saturated heterocycles. The molecule has 1 amide bonds. The largest absolute Gasteiger partial charge is 0.284 e. The molecule has 0 saturated carbocycles. The smallest absolute Gasteiger partial charge is 0.230 e. The number of thiazole rings is 1. The van der Waals surface area contributed by atoms with Gasteiger partial charge in [0.05, 0.1) is 27.4 Å². The van der Waals surface area contributed by atoms with E-state index in [-0.39, 0.29) is 23.0 Å². The molecule has 4 rings (SSSR count). The highest BCUT2D eigenvalue weighted by molar-refractivity contribution is 7.91. The third kappa shape index (κ3) is 5.43. The molecule has 0 unspecified atom stereocenters. The minimum Gasteiger partial charge on any atom is -0.284 e. The number of aryl methyl sites for hydroxylation is 2. The first kappa shape index (κ1) is 23.4. The number of hydrogen-bond acceptors (Lipinski definition) is 5. The van der Waals surface area contributed by atoms with Crippen LogP contribution in [0.5, 0.6) is 0 Å². The van der Waals surface area contributed by atoms with Crippen molar-refractivity contribution < 1.29 is 13.2 Å². The fourth-order valence-corrected chi connectivity index (χ4v) is 6.01. The number of sulfone groups is 1. The molecule has 1 heterocycles. The number of aromatic nitrogens is 1. The van der Waals surface area contributed by atoms with Gasteiger partial charge in [-0.1, -0.05) is 59.3 Å². The summed E-state index contributed by atoms with van der Waals surface area (Å²) in [5.74, 6) is -0.577. The molecule has 0 aliphatic carbocycles. The number of hydrogen-bond donors (Lipinski definition) is 0. The van der Waals surface area contributed by atoms with E-state index >= 15 is 0 Å². The predicted octanol–water partition coefficient (Wildman–Crippen LogP) is 5.96.